The molecule has 21 heavy (non-hydrogen) atoms. The van der Waals surface area contributed by atoms with Crippen molar-refractivity contribution in [3.63, 3.8) is 0 Å². The minimum atomic E-state index is -4.03. The predicted octanol–water partition coefficient (Wildman–Crippen LogP) is 3.01. The normalized spacial score (nSPS) is 24.0. The lowest BCUT2D eigenvalue weighted by Gasteiger charge is -2.40. The van der Waals surface area contributed by atoms with Crippen molar-refractivity contribution in [3.05, 3.63) is 28.2 Å². The van der Waals surface area contributed by atoms with Crippen LogP contribution in [0, 0.1) is 0 Å². The standard InChI is InChI=1S/C13H15Cl2NO4S/c1-13(12(17)18)6-2-3-7-16(13)21(19,20)11-8-9(14)4-5-10(11)15/h4-5,8H,2-3,6-7H2,1H3,(H,17,18). The molecule has 0 radical (unpaired) electrons. The Balaban J connectivity index is 2.56. The number of aliphatic carboxylic acids is 1. The number of hydrogen-bond acceptors (Lipinski definition) is 3. The van der Waals surface area contributed by atoms with Gasteiger partial charge in [0, 0.05) is 11.6 Å². The third-order valence-electron chi connectivity index (χ3n) is 3.75. The first kappa shape index (κ1) is 16.5. The van der Waals surface area contributed by atoms with Crippen LogP contribution in [0.3, 0.4) is 0 Å². The van der Waals surface area contributed by atoms with Crippen LogP contribution in [0.2, 0.25) is 10.0 Å². The molecule has 1 saturated heterocycles. The van der Waals surface area contributed by atoms with E-state index in [4.69, 9.17) is 23.2 Å². The fraction of sp³-hybridized carbons (Fsp3) is 0.462. The van der Waals surface area contributed by atoms with Crippen LogP contribution >= 0.6 is 23.2 Å². The summed E-state index contributed by atoms with van der Waals surface area (Å²) in [6.45, 7) is 1.57. The van der Waals surface area contributed by atoms with Gasteiger partial charge in [0.1, 0.15) is 10.4 Å². The SMILES string of the molecule is CC1(C(=O)O)CCCCN1S(=O)(=O)c1cc(Cl)ccc1Cl. The highest BCUT2D eigenvalue weighted by Crippen LogP contribution is 2.36. The quantitative estimate of drug-likeness (QED) is 0.907. The molecule has 1 unspecified atom stereocenters. The molecule has 0 aromatic heterocycles. The van der Waals surface area contributed by atoms with Crippen molar-refractivity contribution in [2.75, 3.05) is 6.54 Å². The van der Waals surface area contributed by atoms with E-state index in [0.29, 0.717) is 12.8 Å². The van der Waals surface area contributed by atoms with E-state index in [1.807, 2.05) is 0 Å². The first-order valence-electron chi connectivity index (χ1n) is 6.41. The number of hydrogen-bond donors (Lipinski definition) is 1. The van der Waals surface area contributed by atoms with Crippen molar-refractivity contribution >= 4 is 39.2 Å². The average Bonchev–Trinajstić information content (AvgIpc) is 2.41. The predicted molar refractivity (Wildman–Crippen MR) is 80.2 cm³/mol. The largest absolute Gasteiger partial charge is 0.480 e. The van der Waals surface area contributed by atoms with Gasteiger partial charge in [-0.25, -0.2) is 8.42 Å². The van der Waals surface area contributed by atoms with E-state index in [-0.39, 0.29) is 27.9 Å². The first-order valence-corrected chi connectivity index (χ1v) is 8.60. The number of carboxylic acid groups (broad SMARTS) is 1. The van der Waals surface area contributed by atoms with Crippen LogP contribution in [0.15, 0.2) is 23.1 Å². The van der Waals surface area contributed by atoms with Gasteiger partial charge >= 0.3 is 5.97 Å². The summed E-state index contributed by atoms with van der Waals surface area (Å²) in [6, 6.07) is 4.12. The molecule has 2 rings (SSSR count). The zero-order valence-electron chi connectivity index (χ0n) is 11.3. The van der Waals surface area contributed by atoms with E-state index < -0.39 is 21.5 Å². The molecule has 1 aromatic rings. The Morgan fingerprint density at radius 2 is 2.00 bits per heavy atom. The molecule has 0 aliphatic carbocycles. The molecule has 1 heterocycles. The van der Waals surface area contributed by atoms with Crippen LogP contribution in [0.25, 0.3) is 0 Å². The number of nitrogens with zero attached hydrogens (tertiary/aromatic N) is 1. The topological polar surface area (TPSA) is 74.7 Å². The molecular formula is C13H15Cl2NO4S. The zero-order chi connectivity index (χ0) is 15.8. The maximum atomic E-state index is 12.8. The Kier molecular flexibility index (Phi) is 4.54. The molecular weight excluding hydrogens is 337 g/mol. The van der Waals surface area contributed by atoms with Gasteiger partial charge in [-0.1, -0.05) is 23.2 Å². The fourth-order valence-corrected chi connectivity index (χ4v) is 5.03. The zero-order valence-corrected chi connectivity index (χ0v) is 13.7. The van der Waals surface area contributed by atoms with E-state index in [1.165, 1.54) is 25.1 Å². The second-order valence-corrected chi connectivity index (χ2v) is 7.86. The number of piperidine rings is 1. The number of halogens is 2. The molecule has 8 heteroatoms. The molecule has 1 fully saturated rings. The van der Waals surface area contributed by atoms with Gasteiger partial charge in [-0.05, 0) is 44.4 Å². The van der Waals surface area contributed by atoms with Crippen LogP contribution in [0.4, 0.5) is 0 Å². The van der Waals surface area contributed by atoms with Crippen molar-refractivity contribution in [2.24, 2.45) is 0 Å². The summed E-state index contributed by atoms with van der Waals surface area (Å²) in [7, 11) is -4.03. The number of rotatable bonds is 3. The highest BCUT2D eigenvalue weighted by Gasteiger charge is 2.48. The van der Waals surface area contributed by atoms with Gasteiger partial charge in [0.25, 0.3) is 0 Å². The van der Waals surface area contributed by atoms with E-state index >= 15 is 0 Å². The van der Waals surface area contributed by atoms with E-state index in [9.17, 15) is 18.3 Å². The Morgan fingerprint density at radius 1 is 1.33 bits per heavy atom. The molecule has 1 N–H and O–H groups in total. The van der Waals surface area contributed by atoms with E-state index in [0.717, 1.165) is 4.31 Å². The molecule has 1 atom stereocenters. The molecule has 1 aromatic carbocycles. The van der Waals surface area contributed by atoms with Gasteiger partial charge in [-0.3, -0.25) is 4.79 Å². The van der Waals surface area contributed by atoms with Gasteiger partial charge in [-0.15, -0.1) is 0 Å². The third kappa shape index (κ3) is 2.90. The van der Waals surface area contributed by atoms with E-state index in [2.05, 4.69) is 0 Å². The summed E-state index contributed by atoms with van der Waals surface area (Å²) in [4.78, 5) is 11.4. The molecule has 0 amide bonds. The van der Waals surface area contributed by atoms with Crippen LogP contribution in [0.1, 0.15) is 26.2 Å². The van der Waals surface area contributed by atoms with Gasteiger partial charge in [-0.2, -0.15) is 4.31 Å². The van der Waals surface area contributed by atoms with Crippen molar-refractivity contribution in [1.82, 2.24) is 4.31 Å². The molecule has 1 aliphatic heterocycles. The minimum Gasteiger partial charge on any atom is -0.480 e. The smallest absolute Gasteiger partial charge is 0.324 e. The summed E-state index contributed by atoms with van der Waals surface area (Å²) in [6.07, 6.45) is 1.54. The van der Waals surface area contributed by atoms with Gasteiger partial charge in [0.15, 0.2) is 0 Å². The van der Waals surface area contributed by atoms with Crippen molar-refractivity contribution < 1.29 is 18.3 Å². The summed E-state index contributed by atoms with van der Waals surface area (Å²) >= 11 is 11.8. The van der Waals surface area contributed by atoms with Crippen LogP contribution in [0.5, 0.6) is 0 Å². The highest BCUT2D eigenvalue weighted by molar-refractivity contribution is 7.89. The Labute approximate surface area is 133 Å². The van der Waals surface area contributed by atoms with E-state index in [1.54, 1.807) is 0 Å². The van der Waals surface area contributed by atoms with Crippen LogP contribution < -0.4 is 0 Å². The maximum Gasteiger partial charge on any atom is 0.324 e. The van der Waals surface area contributed by atoms with Gasteiger partial charge < -0.3 is 5.11 Å². The van der Waals surface area contributed by atoms with Gasteiger partial charge in [0.05, 0.1) is 5.02 Å². The monoisotopic (exact) mass is 351 g/mol. The summed E-state index contributed by atoms with van der Waals surface area (Å²) in [5.74, 6) is -1.16. The van der Waals surface area contributed by atoms with Crippen LogP contribution in [-0.2, 0) is 14.8 Å². The Morgan fingerprint density at radius 3 is 2.62 bits per heavy atom. The lowest BCUT2D eigenvalue weighted by atomic mass is 9.91. The molecule has 1 aliphatic rings. The lowest BCUT2D eigenvalue weighted by molar-refractivity contribution is -0.149. The Bertz CT molecular complexity index is 677. The average molecular weight is 352 g/mol. The van der Waals surface area contributed by atoms with Crippen molar-refractivity contribution in [1.29, 1.82) is 0 Å². The number of sulfonamides is 1. The number of carbonyl (C=O) groups is 1. The highest BCUT2D eigenvalue weighted by atomic mass is 35.5. The Hall–Kier alpha value is -0.820. The van der Waals surface area contributed by atoms with Gasteiger partial charge in [0.2, 0.25) is 10.0 Å². The number of carboxylic acids is 1. The minimum absolute atomic E-state index is 0.0257. The molecule has 0 spiro atoms. The number of benzene rings is 1. The summed E-state index contributed by atoms with van der Waals surface area (Å²) < 4.78 is 26.6. The molecule has 5 nitrogen and oxygen atoms in total. The second-order valence-electron chi connectivity index (χ2n) is 5.19. The maximum absolute atomic E-state index is 12.8. The third-order valence-corrected chi connectivity index (χ3v) is 6.48. The summed E-state index contributed by atoms with van der Waals surface area (Å²) in [5, 5.41) is 9.69. The fourth-order valence-electron chi connectivity index (χ4n) is 2.49. The van der Waals surface area contributed by atoms with Crippen molar-refractivity contribution in [3.8, 4) is 0 Å². The molecule has 0 bridgehead atoms. The lowest BCUT2D eigenvalue weighted by Crippen LogP contribution is -2.57. The first-order chi connectivity index (χ1) is 9.69. The van der Waals surface area contributed by atoms with Crippen molar-refractivity contribution in [2.45, 2.75) is 36.6 Å². The second kappa shape index (κ2) is 5.76. The summed E-state index contributed by atoms with van der Waals surface area (Å²) in [5.41, 5.74) is -1.47. The molecule has 0 saturated carbocycles. The molecule has 116 valence electrons. The van der Waals surface area contributed by atoms with Crippen LogP contribution in [-0.4, -0.2) is 35.9 Å².